The average molecular weight is 374 g/mol. The van der Waals surface area contributed by atoms with E-state index in [1.54, 1.807) is 50.2 Å². The zero-order chi connectivity index (χ0) is 17.0. The van der Waals surface area contributed by atoms with Gasteiger partial charge in [-0.25, -0.2) is 13.1 Å². The molecule has 0 bridgehead atoms. The lowest BCUT2D eigenvalue weighted by atomic mass is 10.1. The lowest BCUT2D eigenvalue weighted by Gasteiger charge is -2.17. The minimum atomic E-state index is -3.79. The second kappa shape index (κ2) is 7.53. The molecule has 0 aromatic heterocycles. The highest BCUT2D eigenvalue weighted by molar-refractivity contribution is 7.89. The zero-order valence-corrected chi connectivity index (χ0v) is 15.0. The molecule has 1 atom stereocenters. The van der Waals surface area contributed by atoms with Gasteiger partial charge in [-0.05, 0) is 49.7 Å². The molecule has 0 spiro atoms. The van der Waals surface area contributed by atoms with Crippen molar-refractivity contribution in [2.75, 3.05) is 6.61 Å². The van der Waals surface area contributed by atoms with Crippen LogP contribution in [0.3, 0.4) is 0 Å². The molecule has 0 saturated carbocycles. The lowest BCUT2D eigenvalue weighted by Crippen LogP contribution is -2.27. The Morgan fingerprint density at radius 3 is 2.30 bits per heavy atom. The van der Waals surface area contributed by atoms with E-state index in [0.717, 1.165) is 5.56 Å². The Bertz CT molecular complexity index is 776. The van der Waals surface area contributed by atoms with Crippen molar-refractivity contribution in [3.8, 4) is 5.75 Å². The zero-order valence-electron chi connectivity index (χ0n) is 12.7. The van der Waals surface area contributed by atoms with E-state index in [1.807, 2.05) is 0 Å². The SMILES string of the molecule is CCOc1ccc(Cl)cc1S(=O)(=O)N[C@H](C)c1ccc(Cl)cc1. The number of halogens is 2. The first-order valence-electron chi connectivity index (χ1n) is 7.03. The van der Waals surface area contributed by atoms with Gasteiger partial charge >= 0.3 is 0 Å². The molecule has 1 N–H and O–H groups in total. The van der Waals surface area contributed by atoms with Crippen LogP contribution in [0.1, 0.15) is 25.5 Å². The normalized spacial score (nSPS) is 12.9. The summed E-state index contributed by atoms with van der Waals surface area (Å²) < 4.78 is 33.3. The third-order valence-corrected chi connectivity index (χ3v) is 5.25. The molecule has 124 valence electrons. The number of hydrogen-bond donors (Lipinski definition) is 1. The summed E-state index contributed by atoms with van der Waals surface area (Å²) >= 11 is 11.8. The van der Waals surface area contributed by atoms with Gasteiger partial charge in [-0.3, -0.25) is 0 Å². The van der Waals surface area contributed by atoms with Gasteiger partial charge in [0.25, 0.3) is 0 Å². The molecule has 23 heavy (non-hydrogen) atoms. The minimum Gasteiger partial charge on any atom is -0.492 e. The monoisotopic (exact) mass is 373 g/mol. The van der Waals surface area contributed by atoms with Gasteiger partial charge < -0.3 is 4.74 Å². The van der Waals surface area contributed by atoms with Gasteiger partial charge in [-0.2, -0.15) is 0 Å². The van der Waals surface area contributed by atoms with Crippen LogP contribution in [0.25, 0.3) is 0 Å². The standard InChI is InChI=1S/C16H17Cl2NO3S/c1-3-22-15-9-8-14(18)10-16(15)23(20,21)19-11(2)12-4-6-13(17)7-5-12/h4-11,19H,3H2,1-2H3/t11-/m1/s1. The molecule has 0 heterocycles. The summed E-state index contributed by atoms with van der Waals surface area (Å²) in [5.41, 5.74) is 0.804. The van der Waals surface area contributed by atoms with Crippen molar-refractivity contribution in [2.45, 2.75) is 24.8 Å². The summed E-state index contributed by atoms with van der Waals surface area (Å²) in [5.74, 6) is 0.271. The quantitative estimate of drug-likeness (QED) is 0.814. The van der Waals surface area contributed by atoms with Crippen LogP contribution in [0.5, 0.6) is 5.75 Å². The predicted octanol–water partition coefficient (Wildman–Crippen LogP) is 4.43. The van der Waals surface area contributed by atoms with E-state index in [0.29, 0.717) is 16.7 Å². The maximum Gasteiger partial charge on any atom is 0.244 e. The summed E-state index contributed by atoms with van der Waals surface area (Å²) in [6, 6.07) is 11.1. The molecule has 0 fully saturated rings. The molecular weight excluding hydrogens is 357 g/mol. The van der Waals surface area contributed by atoms with E-state index in [2.05, 4.69) is 4.72 Å². The van der Waals surface area contributed by atoms with E-state index in [9.17, 15) is 8.42 Å². The van der Waals surface area contributed by atoms with Crippen LogP contribution in [0.4, 0.5) is 0 Å². The van der Waals surface area contributed by atoms with Crippen LogP contribution in [0.2, 0.25) is 10.0 Å². The topological polar surface area (TPSA) is 55.4 Å². The van der Waals surface area contributed by atoms with Gasteiger partial charge in [0, 0.05) is 16.1 Å². The smallest absolute Gasteiger partial charge is 0.244 e. The fourth-order valence-corrected chi connectivity index (χ4v) is 3.85. The largest absolute Gasteiger partial charge is 0.492 e. The van der Waals surface area contributed by atoms with Gasteiger partial charge in [-0.15, -0.1) is 0 Å². The number of ether oxygens (including phenoxy) is 1. The van der Waals surface area contributed by atoms with Crippen LogP contribution >= 0.6 is 23.2 Å². The van der Waals surface area contributed by atoms with Crippen molar-refractivity contribution in [2.24, 2.45) is 0 Å². The fraction of sp³-hybridized carbons (Fsp3) is 0.250. The number of nitrogens with one attached hydrogen (secondary N) is 1. The molecule has 4 nitrogen and oxygen atoms in total. The molecule has 0 unspecified atom stereocenters. The van der Waals surface area contributed by atoms with Gasteiger partial charge in [-0.1, -0.05) is 35.3 Å². The number of sulfonamides is 1. The van der Waals surface area contributed by atoms with Crippen LogP contribution in [0.15, 0.2) is 47.4 Å². The molecule has 0 aliphatic carbocycles. The van der Waals surface area contributed by atoms with Crippen molar-refractivity contribution in [1.29, 1.82) is 0 Å². The Morgan fingerprint density at radius 2 is 1.70 bits per heavy atom. The van der Waals surface area contributed by atoms with Crippen molar-refractivity contribution >= 4 is 33.2 Å². The molecule has 0 radical (unpaired) electrons. The molecule has 0 amide bonds. The first kappa shape index (κ1) is 18.1. The Morgan fingerprint density at radius 1 is 1.09 bits per heavy atom. The Balaban J connectivity index is 2.31. The maximum absolute atomic E-state index is 12.7. The molecule has 2 aromatic rings. The second-order valence-corrected chi connectivity index (χ2v) is 7.47. The second-order valence-electron chi connectivity index (χ2n) is 4.92. The van der Waals surface area contributed by atoms with Crippen LogP contribution in [-0.4, -0.2) is 15.0 Å². The molecular formula is C16H17Cl2NO3S. The maximum atomic E-state index is 12.7. The molecule has 7 heteroatoms. The van der Waals surface area contributed by atoms with Crippen LogP contribution in [-0.2, 0) is 10.0 Å². The summed E-state index contributed by atoms with van der Waals surface area (Å²) in [5, 5.41) is 0.922. The fourth-order valence-electron chi connectivity index (χ4n) is 2.08. The van der Waals surface area contributed by atoms with E-state index in [-0.39, 0.29) is 10.6 Å². The van der Waals surface area contributed by atoms with Crippen molar-refractivity contribution < 1.29 is 13.2 Å². The number of rotatable bonds is 6. The van der Waals surface area contributed by atoms with E-state index >= 15 is 0 Å². The molecule has 0 aliphatic rings. The number of hydrogen-bond acceptors (Lipinski definition) is 3. The Labute approximate surface area is 146 Å². The van der Waals surface area contributed by atoms with Gasteiger partial charge in [0.05, 0.1) is 6.61 Å². The molecule has 0 aliphatic heterocycles. The summed E-state index contributed by atoms with van der Waals surface area (Å²) in [7, 11) is -3.79. The summed E-state index contributed by atoms with van der Waals surface area (Å²) in [4.78, 5) is 0.0210. The third-order valence-electron chi connectivity index (χ3n) is 3.20. The van der Waals surface area contributed by atoms with Crippen LogP contribution in [0, 0.1) is 0 Å². The van der Waals surface area contributed by atoms with Crippen LogP contribution < -0.4 is 9.46 Å². The average Bonchev–Trinajstić information content (AvgIpc) is 2.49. The predicted molar refractivity (Wildman–Crippen MR) is 92.8 cm³/mol. The molecule has 2 aromatic carbocycles. The van der Waals surface area contributed by atoms with Gasteiger partial charge in [0.15, 0.2) is 0 Å². The minimum absolute atomic E-state index is 0.0210. The summed E-state index contributed by atoms with van der Waals surface area (Å²) in [6.45, 7) is 3.90. The highest BCUT2D eigenvalue weighted by atomic mass is 35.5. The highest BCUT2D eigenvalue weighted by Gasteiger charge is 2.23. The number of benzene rings is 2. The molecule has 0 saturated heterocycles. The van der Waals surface area contributed by atoms with E-state index in [4.69, 9.17) is 27.9 Å². The first-order valence-corrected chi connectivity index (χ1v) is 9.27. The third kappa shape index (κ3) is 4.61. The summed E-state index contributed by atoms with van der Waals surface area (Å²) in [6.07, 6.45) is 0. The van der Waals surface area contributed by atoms with Crippen molar-refractivity contribution in [3.05, 3.63) is 58.1 Å². The molecule has 2 rings (SSSR count). The van der Waals surface area contributed by atoms with Gasteiger partial charge in [0.2, 0.25) is 10.0 Å². The highest BCUT2D eigenvalue weighted by Crippen LogP contribution is 2.28. The van der Waals surface area contributed by atoms with Gasteiger partial charge in [0.1, 0.15) is 10.6 Å². The van der Waals surface area contributed by atoms with Crippen molar-refractivity contribution in [1.82, 2.24) is 4.72 Å². The Kier molecular flexibility index (Phi) is 5.92. The van der Waals surface area contributed by atoms with E-state index < -0.39 is 16.1 Å². The van der Waals surface area contributed by atoms with Crippen molar-refractivity contribution in [3.63, 3.8) is 0 Å². The Hall–Kier alpha value is -1.27. The first-order chi connectivity index (χ1) is 10.8. The lowest BCUT2D eigenvalue weighted by molar-refractivity contribution is 0.331. The van der Waals surface area contributed by atoms with E-state index in [1.165, 1.54) is 6.07 Å².